The molecule has 0 amide bonds. The molecule has 0 aliphatic rings. The average Bonchev–Trinajstić information content (AvgIpc) is 2.23. The second-order valence-corrected chi connectivity index (χ2v) is 3.00. The fraction of sp³-hybridized carbons (Fsp3) is 0.818. The number of rotatable bonds is 7. The number of hydrogen-bond acceptors (Lipinski definition) is 4. The molecule has 0 saturated heterocycles. The summed E-state index contributed by atoms with van der Waals surface area (Å²) >= 11 is 0. The minimum absolute atomic E-state index is 0.496. The quantitative estimate of drug-likeness (QED) is 0.480. The highest BCUT2D eigenvalue weighted by Gasteiger charge is 1.90. The van der Waals surface area contributed by atoms with Gasteiger partial charge in [-0.05, 0) is 25.7 Å². The molecule has 0 rings (SSSR count). The lowest BCUT2D eigenvalue weighted by molar-refractivity contribution is 0.245. The summed E-state index contributed by atoms with van der Waals surface area (Å²) < 4.78 is 8.97. The lowest BCUT2D eigenvalue weighted by atomic mass is 10.2. The van der Waals surface area contributed by atoms with E-state index in [0.717, 1.165) is 25.7 Å². The molecule has 0 bridgehead atoms. The molecule has 0 saturated carbocycles. The molecule has 0 unspecified atom stereocenters. The minimum atomic E-state index is 0.496. The molecule has 0 aromatic carbocycles. The van der Waals surface area contributed by atoms with Crippen LogP contribution in [-0.4, -0.2) is 13.2 Å². The van der Waals surface area contributed by atoms with E-state index in [2.05, 4.69) is 23.3 Å². The molecule has 86 valence electrons. The predicted molar refractivity (Wildman–Crippen MR) is 57.6 cm³/mol. The van der Waals surface area contributed by atoms with E-state index in [1.165, 1.54) is 6.42 Å². The molecule has 0 aliphatic carbocycles. The van der Waals surface area contributed by atoms with Gasteiger partial charge in [0.25, 0.3) is 12.5 Å². The monoisotopic (exact) mass is 212 g/mol. The molecule has 15 heavy (non-hydrogen) atoms. The number of ether oxygens (including phenoxy) is 2. The smallest absolute Gasteiger partial charge is 0.286 e. The molecule has 0 fully saturated rings. The Morgan fingerprint density at radius 2 is 1.13 bits per heavy atom. The van der Waals surface area contributed by atoms with Crippen LogP contribution in [0, 0.1) is 23.0 Å². The van der Waals surface area contributed by atoms with E-state index >= 15 is 0 Å². The average molecular weight is 212 g/mol. The minimum Gasteiger partial charge on any atom is -0.428 e. The summed E-state index contributed by atoms with van der Waals surface area (Å²) in [4.78, 5) is 0. The van der Waals surface area contributed by atoms with E-state index in [1.807, 2.05) is 0 Å². The lowest BCUT2D eigenvalue weighted by Gasteiger charge is -1.97. The summed E-state index contributed by atoms with van der Waals surface area (Å²) in [5, 5.41) is 16.0. The van der Waals surface area contributed by atoms with E-state index in [9.17, 15) is 0 Å². The largest absolute Gasteiger partial charge is 0.428 e. The Kier molecular flexibility index (Phi) is 19.6. The highest BCUT2D eigenvalue weighted by Crippen LogP contribution is 1.99. The number of hydrogen-bond donors (Lipinski definition) is 0. The molecule has 4 nitrogen and oxygen atoms in total. The Bertz CT molecular complexity index is 162. The standard InChI is InChI=1S/C8H12N2O2.C3H8/c9-7-11-5-3-1-2-4-6-12-8-10;1-3-2/h1-6H2;3H2,1-2H3. The van der Waals surface area contributed by atoms with Gasteiger partial charge < -0.3 is 9.47 Å². The van der Waals surface area contributed by atoms with Crippen molar-refractivity contribution in [1.82, 2.24) is 0 Å². The van der Waals surface area contributed by atoms with Crippen molar-refractivity contribution in [3.63, 3.8) is 0 Å². The Morgan fingerprint density at radius 3 is 1.40 bits per heavy atom. The Morgan fingerprint density at radius 1 is 0.800 bits per heavy atom. The zero-order chi connectivity index (χ0) is 11.8. The lowest BCUT2D eigenvalue weighted by Crippen LogP contribution is -1.91. The van der Waals surface area contributed by atoms with Crippen molar-refractivity contribution in [3.8, 4) is 12.5 Å². The molecule has 0 N–H and O–H groups in total. The van der Waals surface area contributed by atoms with Crippen LogP contribution in [0.4, 0.5) is 0 Å². The van der Waals surface area contributed by atoms with Gasteiger partial charge in [-0.2, -0.15) is 10.5 Å². The molecule has 0 spiro atoms. The van der Waals surface area contributed by atoms with Crippen molar-refractivity contribution < 1.29 is 9.47 Å². The van der Waals surface area contributed by atoms with Gasteiger partial charge in [-0.15, -0.1) is 0 Å². The van der Waals surface area contributed by atoms with Gasteiger partial charge in [-0.3, -0.25) is 0 Å². The van der Waals surface area contributed by atoms with Crippen LogP contribution in [0.3, 0.4) is 0 Å². The van der Waals surface area contributed by atoms with E-state index in [4.69, 9.17) is 10.5 Å². The van der Waals surface area contributed by atoms with Gasteiger partial charge in [0, 0.05) is 0 Å². The Labute approximate surface area is 92.4 Å². The van der Waals surface area contributed by atoms with Crippen LogP contribution >= 0.6 is 0 Å². The fourth-order valence-corrected chi connectivity index (χ4v) is 0.793. The molecule has 0 aromatic heterocycles. The first-order valence-electron chi connectivity index (χ1n) is 5.35. The molecular formula is C11H20N2O2. The summed E-state index contributed by atoms with van der Waals surface area (Å²) in [6.07, 6.45) is 8.27. The Balaban J connectivity index is 0. The van der Waals surface area contributed by atoms with Crippen LogP contribution < -0.4 is 0 Å². The van der Waals surface area contributed by atoms with Gasteiger partial charge in [0.05, 0.1) is 0 Å². The maximum absolute atomic E-state index is 8.01. The van der Waals surface area contributed by atoms with Crippen molar-refractivity contribution >= 4 is 0 Å². The topological polar surface area (TPSA) is 66.0 Å². The summed E-state index contributed by atoms with van der Waals surface area (Å²) in [5.74, 6) is 0. The van der Waals surface area contributed by atoms with E-state index in [-0.39, 0.29) is 0 Å². The van der Waals surface area contributed by atoms with Gasteiger partial charge in [0.2, 0.25) is 0 Å². The molecule has 0 aliphatic heterocycles. The number of nitriles is 2. The van der Waals surface area contributed by atoms with E-state index in [0.29, 0.717) is 13.2 Å². The van der Waals surface area contributed by atoms with Gasteiger partial charge in [-0.25, -0.2) is 0 Å². The Hall–Kier alpha value is -1.42. The summed E-state index contributed by atoms with van der Waals surface area (Å²) in [7, 11) is 0. The third-order valence-electron chi connectivity index (χ3n) is 1.37. The van der Waals surface area contributed by atoms with Crippen LogP contribution in [0.15, 0.2) is 0 Å². The first-order chi connectivity index (χ1) is 7.33. The van der Waals surface area contributed by atoms with Crippen molar-refractivity contribution in [2.75, 3.05) is 13.2 Å². The highest BCUT2D eigenvalue weighted by atomic mass is 16.5. The van der Waals surface area contributed by atoms with Gasteiger partial charge in [0.1, 0.15) is 13.2 Å². The van der Waals surface area contributed by atoms with Crippen LogP contribution in [0.5, 0.6) is 0 Å². The molecule has 0 atom stereocenters. The molecule has 0 heterocycles. The first-order valence-corrected chi connectivity index (χ1v) is 5.35. The third kappa shape index (κ3) is 24.5. The van der Waals surface area contributed by atoms with E-state index < -0.39 is 0 Å². The SMILES string of the molecule is CCC.N#COCCCCCCOC#N. The van der Waals surface area contributed by atoms with E-state index in [1.54, 1.807) is 12.5 Å². The van der Waals surface area contributed by atoms with Crippen LogP contribution in [0.2, 0.25) is 0 Å². The molecule has 0 aromatic rings. The number of nitrogens with zero attached hydrogens (tertiary/aromatic N) is 2. The summed E-state index contributed by atoms with van der Waals surface area (Å²) in [6, 6.07) is 0. The number of unbranched alkanes of at least 4 members (excludes halogenated alkanes) is 3. The fourth-order valence-electron chi connectivity index (χ4n) is 0.793. The second-order valence-electron chi connectivity index (χ2n) is 3.00. The third-order valence-corrected chi connectivity index (χ3v) is 1.37. The van der Waals surface area contributed by atoms with Crippen molar-refractivity contribution in [2.45, 2.75) is 46.0 Å². The van der Waals surface area contributed by atoms with Crippen LogP contribution in [0.25, 0.3) is 0 Å². The van der Waals surface area contributed by atoms with Crippen molar-refractivity contribution in [1.29, 1.82) is 10.5 Å². The predicted octanol–water partition coefficient (Wildman–Crippen LogP) is 2.96. The zero-order valence-corrected chi connectivity index (χ0v) is 9.66. The second kappa shape index (κ2) is 18.4. The van der Waals surface area contributed by atoms with Crippen LogP contribution in [0.1, 0.15) is 46.0 Å². The van der Waals surface area contributed by atoms with Gasteiger partial charge in [0.15, 0.2) is 0 Å². The molecule has 4 heteroatoms. The van der Waals surface area contributed by atoms with Gasteiger partial charge in [-0.1, -0.05) is 20.3 Å². The first kappa shape index (κ1) is 16.0. The maximum atomic E-state index is 8.01. The normalized spacial score (nSPS) is 7.73. The van der Waals surface area contributed by atoms with Crippen molar-refractivity contribution in [2.24, 2.45) is 0 Å². The van der Waals surface area contributed by atoms with Crippen molar-refractivity contribution in [3.05, 3.63) is 0 Å². The molecular weight excluding hydrogens is 192 g/mol. The molecule has 0 radical (unpaired) electrons. The zero-order valence-electron chi connectivity index (χ0n) is 9.66. The highest BCUT2D eigenvalue weighted by molar-refractivity contribution is 4.50. The van der Waals surface area contributed by atoms with Crippen LogP contribution in [-0.2, 0) is 9.47 Å². The maximum Gasteiger partial charge on any atom is 0.286 e. The van der Waals surface area contributed by atoms with Gasteiger partial charge >= 0.3 is 0 Å². The summed E-state index contributed by atoms with van der Waals surface area (Å²) in [5.41, 5.74) is 0. The summed E-state index contributed by atoms with van der Waals surface area (Å²) in [6.45, 7) is 5.24.